The van der Waals surface area contributed by atoms with Crippen LogP contribution in [0.5, 0.6) is 0 Å². The number of aliphatic carboxylic acids is 1. The molecule has 2 saturated heterocycles. The summed E-state index contributed by atoms with van der Waals surface area (Å²) in [5, 5.41) is 10.1. The molecule has 3 unspecified atom stereocenters. The van der Waals surface area contributed by atoms with Crippen LogP contribution < -0.4 is 0 Å². The minimum Gasteiger partial charge on any atom is -0.480 e. The topological polar surface area (TPSA) is 43.8 Å². The third-order valence-corrected chi connectivity index (χ3v) is 9.60. The van der Waals surface area contributed by atoms with Gasteiger partial charge in [0.1, 0.15) is 29.3 Å². The number of likely N-dealkylation sites (tertiary alicyclic amines) is 2. The Kier molecular flexibility index (Phi) is 9.46. The molecule has 0 amide bonds. The molecule has 2 aliphatic heterocycles. The zero-order valence-electron chi connectivity index (χ0n) is 23.0. The Labute approximate surface area is 234 Å². The normalized spacial score (nSPS) is 23.8. The highest BCUT2D eigenvalue weighted by Crippen LogP contribution is 2.38. The second-order valence-corrected chi connectivity index (χ2v) is 12.2. The van der Waals surface area contributed by atoms with Crippen molar-refractivity contribution in [3.05, 3.63) is 70.8 Å². The molecule has 3 fully saturated rings. The van der Waals surface area contributed by atoms with E-state index in [-0.39, 0.29) is 29.6 Å². The summed E-state index contributed by atoms with van der Waals surface area (Å²) in [6.07, 6.45) is 7.86. The van der Waals surface area contributed by atoms with Gasteiger partial charge in [0.25, 0.3) is 0 Å². The van der Waals surface area contributed by atoms with Gasteiger partial charge >= 0.3 is 5.97 Å². The summed E-state index contributed by atoms with van der Waals surface area (Å²) in [7, 11) is 0. The third-order valence-electron chi connectivity index (χ3n) is 9.60. The fourth-order valence-corrected chi connectivity index (χ4v) is 7.08. The quantitative estimate of drug-likeness (QED) is 0.313. The summed E-state index contributed by atoms with van der Waals surface area (Å²) in [6.45, 7) is 4.00. The number of benzene rings is 2. The van der Waals surface area contributed by atoms with Gasteiger partial charge in [-0.05, 0) is 80.6 Å². The van der Waals surface area contributed by atoms with Gasteiger partial charge < -0.3 is 10.0 Å². The molecule has 218 valence electrons. The fraction of sp³-hybridized carbons (Fsp3) is 0.594. The highest BCUT2D eigenvalue weighted by atomic mass is 19.1. The summed E-state index contributed by atoms with van der Waals surface area (Å²) in [5.74, 6) is -2.29. The van der Waals surface area contributed by atoms with Crippen molar-refractivity contribution in [2.24, 2.45) is 17.8 Å². The maximum absolute atomic E-state index is 14.2. The van der Waals surface area contributed by atoms with Crippen molar-refractivity contribution in [3.8, 4) is 0 Å². The van der Waals surface area contributed by atoms with Crippen LogP contribution in [0.15, 0.2) is 36.4 Å². The maximum Gasteiger partial charge on any atom is 0.320 e. The van der Waals surface area contributed by atoms with Crippen molar-refractivity contribution in [2.75, 3.05) is 32.7 Å². The first-order valence-corrected chi connectivity index (χ1v) is 14.8. The second-order valence-electron chi connectivity index (χ2n) is 12.2. The number of piperidine rings is 1. The Balaban J connectivity index is 1.16. The number of rotatable bonds is 11. The highest BCUT2D eigenvalue weighted by Gasteiger charge is 2.41. The van der Waals surface area contributed by atoms with Crippen LogP contribution in [0.4, 0.5) is 17.6 Å². The van der Waals surface area contributed by atoms with Gasteiger partial charge in [0.2, 0.25) is 0 Å². The molecule has 1 aliphatic carbocycles. The smallest absolute Gasteiger partial charge is 0.320 e. The van der Waals surface area contributed by atoms with Gasteiger partial charge in [0.05, 0.1) is 0 Å². The van der Waals surface area contributed by atoms with E-state index in [9.17, 15) is 27.5 Å². The largest absolute Gasteiger partial charge is 0.480 e. The van der Waals surface area contributed by atoms with Gasteiger partial charge in [-0.15, -0.1) is 0 Å². The van der Waals surface area contributed by atoms with Crippen molar-refractivity contribution in [2.45, 2.75) is 69.7 Å². The third kappa shape index (κ3) is 7.06. The molecular formula is C32H40F4N2O2. The Morgan fingerprint density at radius 1 is 0.925 bits per heavy atom. The average Bonchev–Trinajstić information content (AvgIpc) is 3.29. The fourth-order valence-electron chi connectivity index (χ4n) is 7.08. The summed E-state index contributed by atoms with van der Waals surface area (Å²) in [5.41, 5.74) is 0.903. The van der Waals surface area contributed by atoms with E-state index < -0.39 is 29.5 Å². The Morgan fingerprint density at radius 3 is 2.27 bits per heavy atom. The first-order valence-electron chi connectivity index (χ1n) is 14.8. The summed E-state index contributed by atoms with van der Waals surface area (Å²) >= 11 is 0. The van der Waals surface area contributed by atoms with E-state index in [1.165, 1.54) is 12.5 Å². The van der Waals surface area contributed by atoms with Gasteiger partial charge in [-0.1, -0.05) is 37.8 Å². The molecule has 3 atom stereocenters. The van der Waals surface area contributed by atoms with Gasteiger partial charge in [-0.3, -0.25) is 9.69 Å². The summed E-state index contributed by atoms with van der Waals surface area (Å²) in [6, 6.07) is 7.74. The van der Waals surface area contributed by atoms with Crippen molar-refractivity contribution in [1.82, 2.24) is 9.80 Å². The molecular weight excluding hydrogens is 520 g/mol. The lowest BCUT2D eigenvalue weighted by Crippen LogP contribution is -2.43. The lowest BCUT2D eigenvalue weighted by atomic mass is 9.80. The number of carboxylic acids is 1. The summed E-state index contributed by atoms with van der Waals surface area (Å²) in [4.78, 5) is 16.8. The number of carbonyl (C=O) groups is 1. The van der Waals surface area contributed by atoms with Crippen LogP contribution in [0, 0.1) is 41.0 Å². The van der Waals surface area contributed by atoms with Gasteiger partial charge in [-0.25, -0.2) is 17.6 Å². The lowest BCUT2D eigenvalue weighted by Gasteiger charge is -2.35. The van der Waals surface area contributed by atoms with Crippen LogP contribution >= 0.6 is 0 Å². The summed E-state index contributed by atoms with van der Waals surface area (Å²) < 4.78 is 55.2. The van der Waals surface area contributed by atoms with Gasteiger partial charge in [0, 0.05) is 43.2 Å². The van der Waals surface area contributed by atoms with Crippen LogP contribution in [0.25, 0.3) is 0 Å². The Morgan fingerprint density at radius 2 is 1.65 bits per heavy atom. The standard InChI is InChI=1S/C32H40F4N2O2/c33-25-8-3-7-23(15-25)28-20-38(31(32(39)40)14-22-5-1-6-22)19-24(28)18-37-12-10-21(11-13-37)4-2-9-27-29(35)16-26(34)17-30(27)36/h3,7-8,15-17,21-22,24,28,31H,1-2,4-6,9-14,18-20H2,(H,39,40). The molecule has 5 rings (SSSR count). The van der Waals surface area contributed by atoms with E-state index >= 15 is 0 Å². The molecule has 0 radical (unpaired) electrons. The van der Waals surface area contributed by atoms with E-state index in [1.54, 1.807) is 12.1 Å². The first-order chi connectivity index (χ1) is 19.3. The molecule has 0 spiro atoms. The number of hydrogen-bond acceptors (Lipinski definition) is 3. The molecule has 1 N–H and O–H groups in total. The minimum absolute atomic E-state index is 0.0370. The number of hydrogen-bond donors (Lipinski definition) is 1. The van der Waals surface area contributed by atoms with Crippen molar-refractivity contribution >= 4 is 5.97 Å². The maximum atomic E-state index is 14.2. The van der Waals surface area contributed by atoms with Crippen LogP contribution in [0.2, 0.25) is 0 Å². The lowest BCUT2D eigenvalue weighted by molar-refractivity contribution is -0.144. The SMILES string of the molecule is O=C(O)C(CC1CCC1)N1CC(CN2CCC(CCCc3c(F)cc(F)cc3F)CC2)C(c2cccc(F)c2)C1. The number of halogens is 4. The molecule has 0 aromatic heterocycles. The van der Waals surface area contributed by atoms with Crippen molar-refractivity contribution in [1.29, 1.82) is 0 Å². The molecule has 2 heterocycles. The van der Waals surface area contributed by atoms with E-state index in [2.05, 4.69) is 9.80 Å². The number of carboxylic acid groups (broad SMARTS) is 1. The van der Waals surface area contributed by atoms with Crippen LogP contribution in [-0.4, -0.2) is 59.6 Å². The first kappa shape index (κ1) is 29.1. The molecule has 2 aromatic carbocycles. The Hall–Kier alpha value is -2.45. The van der Waals surface area contributed by atoms with Crippen molar-refractivity contribution < 1.29 is 27.5 Å². The molecule has 3 aliphatic rings. The molecule has 1 saturated carbocycles. The molecule has 8 heteroatoms. The van der Waals surface area contributed by atoms with Crippen LogP contribution in [0.3, 0.4) is 0 Å². The molecule has 0 bridgehead atoms. The van der Waals surface area contributed by atoms with Gasteiger partial charge in [0.15, 0.2) is 0 Å². The van der Waals surface area contributed by atoms with E-state index in [1.807, 2.05) is 6.07 Å². The van der Waals surface area contributed by atoms with Crippen LogP contribution in [-0.2, 0) is 11.2 Å². The van der Waals surface area contributed by atoms with Crippen molar-refractivity contribution in [3.63, 3.8) is 0 Å². The van der Waals surface area contributed by atoms with E-state index in [4.69, 9.17) is 0 Å². The number of nitrogens with zero attached hydrogens (tertiary/aromatic N) is 2. The van der Waals surface area contributed by atoms with E-state index in [0.717, 1.165) is 69.4 Å². The predicted molar refractivity (Wildman–Crippen MR) is 146 cm³/mol. The predicted octanol–water partition coefficient (Wildman–Crippen LogP) is 6.64. The zero-order chi connectivity index (χ0) is 28.2. The minimum atomic E-state index is -0.895. The Bertz CT molecular complexity index is 1140. The molecule has 40 heavy (non-hydrogen) atoms. The van der Waals surface area contributed by atoms with Crippen LogP contribution in [0.1, 0.15) is 68.4 Å². The monoisotopic (exact) mass is 560 g/mol. The van der Waals surface area contributed by atoms with Gasteiger partial charge in [-0.2, -0.15) is 0 Å². The highest BCUT2D eigenvalue weighted by molar-refractivity contribution is 5.73. The molecule has 2 aromatic rings. The average molecular weight is 561 g/mol. The second kappa shape index (κ2) is 13.0. The zero-order valence-corrected chi connectivity index (χ0v) is 23.0. The molecule has 4 nitrogen and oxygen atoms in total. The van der Waals surface area contributed by atoms with E-state index in [0.29, 0.717) is 37.8 Å².